The van der Waals surface area contributed by atoms with Crippen LogP contribution in [0.15, 0.2) is 18.3 Å². The van der Waals surface area contributed by atoms with Crippen LogP contribution in [0.3, 0.4) is 0 Å². The van der Waals surface area contributed by atoms with Gasteiger partial charge in [-0.2, -0.15) is 13.2 Å². The van der Waals surface area contributed by atoms with Crippen molar-refractivity contribution in [2.45, 2.75) is 31.6 Å². The van der Waals surface area contributed by atoms with Crippen LogP contribution in [0.25, 0.3) is 0 Å². The van der Waals surface area contributed by atoms with E-state index < -0.39 is 11.9 Å². The molecule has 0 spiro atoms. The van der Waals surface area contributed by atoms with Gasteiger partial charge in [0.1, 0.15) is 5.69 Å². The molecule has 1 unspecified atom stereocenters. The molecule has 100 valence electrons. The average molecular weight is 259 g/mol. The number of likely N-dealkylation sites (tertiary alicyclic amines) is 1. The number of rotatable bonds is 2. The molecule has 1 saturated heterocycles. The highest BCUT2D eigenvalue weighted by Crippen LogP contribution is 2.29. The molecule has 0 bridgehead atoms. The Kier molecular flexibility index (Phi) is 3.75. The van der Waals surface area contributed by atoms with Crippen LogP contribution in [-0.4, -0.2) is 29.6 Å². The number of halogens is 3. The standard InChI is InChI=1S/C12H16F3N3/c1-18-7-3-2-4-11(18)17-9-5-6-16-10(8-9)12(13,14)15/h5-6,8,11H,2-4,7H2,1H3,(H,16,17). The summed E-state index contributed by atoms with van der Waals surface area (Å²) in [6.07, 6.45) is 0.0739. The van der Waals surface area contributed by atoms with Gasteiger partial charge in [-0.3, -0.25) is 9.88 Å². The number of hydrogen-bond donors (Lipinski definition) is 1. The largest absolute Gasteiger partial charge is 0.433 e. The molecule has 0 radical (unpaired) electrons. The summed E-state index contributed by atoms with van der Waals surface area (Å²) in [6.45, 7) is 0.967. The number of aromatic nitrogens is 1. The normalized spacial score (nSPS) is 21.9. The van der Waals surface area contributed by atoms with Crippen LogP contribution in [-0.2, 0) is 6.18 Å². The van der Waals surface area contributed by atoms with E-state index in [2.05, 4.69) is 15.2 Å². The maximum Gasteiger partial charge on any atom is 0.433 e. The van der Waals surface area contributed by atoms with Crippen LogP contribution < -0.4 is 5.32 Å². The quantitative estimate of drug-likeness (QED) is 0.885. The molecule has 1 N–H and O–H groups in total. The highest BCUT2D eigenvalue weighted by atomic mass is 19.4. The summed E-state index contributed by atoms with van der Waals surface area (Å²) < 4.78 is 37.6. The van der Waals surface area contributed by atoms with Crippen LogP contribution in [0.4, 0.5) is 18.9 Å². The van der Waals surface area contributed by atoms with Gasteiger partial charge in [-0.15, -0.1) is 0 Å². The van der Waals surface area contributed by atoms with Crippen molar-refractivity contribution in [1.82, 2.24) is 9.88 Å². The Morgan fingerprint density at radius 2 is 2.17 bits per heavy atom. The van der Waals surface area contributed by atoms with E-state index in [0.717, 1.165) is 31.9 Å². The third-order valence-electron chi connectivity index (χ3n) is 3.15. The Morgan fingerprint density at radius 3 is 2.83 bits per heavy atom. The zero-order valence-electron chi connectivity index (χ0n) is 10.2. The molecule has 3 nitrogen and oxygen atoms in total. The lowest BCUT2D eigenvalue weighted by Gasteiger charge is -2.33. The van der Waals surface area contributed by atoms with Crippen molar-refractivity contribution in [3.63, 3.8) is 0 Å². The summed E-state index contributed by atoms with van der Waals surface area (Å²) >= 11 is 0. The summed E-state index contributed by atoms with van der Waals surface area (Å²) in [7, 11) is 1.97. The summed E-state index contributed by atoms with van der Waals surface area (Å²) in [5, 5.41) is 3.13. The summed E-state index contributed by atoms with van der Waals surface area (Å²) in [5.74, 6) is 0. The molecule has 1 fully saturated rings. The lowest BCUT2D eigenvalue weighted by Crippen LogP contribution is -2.41. The third kappa shape index (κ3) is 3.13. The summed E-state index contributed by atoms with van der Waals surface area (Å²) in [6, 6.07) is 2.63. The number of anilines is 1. The van der Waals surface area contributed by atoms with Crippen LogP contribution in [0.2, 0.25) is 0 Å². The Hall–Kier alpha value is -1.30. The van der Waals surface area contributed by atoms with Crippen molar-refractivity contribution in [1.29, 1.82) is 0 Å². The molecule has 6 heteroatoms. The minimum atomic E-state index is -4.39. The number of hydrogen-bond acceptors (Lipinski definition) is 3. The molecule has 0 saturated carbocycles. The minimum Gasteiger partial charge on any atom is -0.370 e. The predicted molar refractivity (Wildman–Crippen MR) is 63.1 cm³/mol. The van der Waals surface area contributed by atoms with E-state index >= 15 is 0 Å². The Bertz CT molecular complexity index is 406. The molecule has 0 aromatic carbocycles. The number of alkyl halides is 3. The first-order valence-corrected chi connectivity index (χ1v) is 5.97. The van der Waals surface area contributed by atoms with Gasteiger partial charge in [0.2, 0.25) is 0 Å². The Balaban J connectivity index is 2.09. The maximum absolute atomic E-state index is 12.5. The van der Waals surface area contributed by atoms with E-state index in [-0.39, 0.29) is 6.17 Å². The van der Waals surface area contributed by atoms with Crippen LogP contribution in [0.1, 0.15) is 25.0 Å². The van der Waals surface area contributed by atoms with Gasteiger partial charge in [0.15, 0.2) is 0 Å². The number of piperidine rings is 1. The monoisotopic (exact) mass is 259 g/mol. The van der Waals surface area contributed by atoms with E-state index in [9.17, 15) is 13.2 Å². The fourth-order valence-corrected chi connectivity index (χ4v) is 2.13. The predicted octanol–water partition coefficient (Wildman–Crippen LogP) is 2.95. The zero-order valence-corrected chi connectivity index (χ0v) is 10.2. The maximum atomic E-state index is 12.5. The molecule has 1 aliphatic heterocycles. The van der Waals surface area contributed by atoms with Gasteiger partial charge in [-0.25, -0.2) is 0 Å². The minimum absolute atomic E-state index is 0.0993. The second-order valence-electron chi connectivity index (χ2n) is 4.56. The molecular weight excluding hydrogens is 243 g/mol. The summed E-state index contributed by atoms with van der Waals surface area (Å²) in [4.78, 5) is 5.47. The SMILES string of the molecule is CN1CCCCC1Nc1ccnc(C(F)(F)F)c1. The van der Waals surface area contributed by atoms with Crippen molar-refractivity contribution in [3.8, 4) is 0 Å². The van der Waals surface area contributed by atoms with E-state index in [1.165, 1.54) is 6.20 Å². The molecule has 1 atom stereocenters. The van der Waals surface area contributed by atoms with Crippen molar-refractivity contribution >= 4 is 5.69 Å². The number of nitrogens with one attached hydrogen (secondary N) is 1. The lowest BCUT2D eigenvalue weighted by atomic mass is 10.1. The van der Waals surface area contributed by atoms with Crippen molar-refractivity contribution < 1.29 is 13.2 Å². The van der Waals surface area contributed by atoms with Gasteiger partial charge in [0.25, 0.3) is 0 Å². The van der Waals surface area contributed by atoms with Crippen LogP contribution >= 0.6 is 0 Å². The highest BCUT2D eigenvalue weighted by molar-refractivity contribution is 5.44. The molecule has 2 rings (SSSR count). The Labute approximate surface area is 104 Å². The van der Waals surface area contributed by atoms with Crippen molar-refractivity contribution in [2.24, 2.45) is 0 Å². The van der Waals surface area contributed by atoms with E-state index in [1.54, 1.807) is 6.07 Å². The van der Waals surface area contributed by atoms with Crippen LogP contribution in [0.5, 0.6) is 0 Å². The molecule has 0 amide bonds. The topological polar surface area (TPSA) is 28.2 Å². The molecule has 2 heterocycles. The fraction of sp³-hybridized carbons (Fsp3) is 0.583. The van der Waals surface area contributed by atoms with Gasteiger partial charge < -0.3 is 5.32 Å². The van der Waals surface area contributed by atoms with Crippen molar-refractivity contribution in [3.05, 3.63) is 24.0 Å². The van der Waals surface area contributed by atoms with E-state index in [1.807, 2.05) is 7.05 Å². The first-order chi connectivity index (χ1) is 8.47. The Morgan fingerprint density at radius 1 is 1.39 bits per heavy atom. The molecule has 1 aromatic heterocycles. The number of nitrogens with zero attached hydrogens (tertiary/aromatic N) is 2. The second-order valence-corrected chi connectivity index (χ2v) is 4.56. The first-order valence-electron chi connectivity index (χ1n) is 5.97. The van der Waals surface area contributed by atoms with Gasteiger partial charge >= 0.3 is 6.18 Å². The van der Waals surface area contributed by atoms with Crippen molar-refractivity contribution in [2.75, 3.05) is 18.9 Å². The molecule has 1 aliphatic rings. The van der Waals surface area contributed by atoms with E-state index in [0.29, 0.717) is 5.69 Å². The van der Waals surface area contributed by atoms with Gasteiger partial charge in [-0.1, -0.05) is 0 Å². The molecule has 1 aromatic rings. The number of pyridine rings is 1. The summed E-state index contributed by atoms with van der Waals surface area (Å²) in [5.41, 5.74) is -0.387. The first kappa shape index (κ1) is 13.1. The lowest BCUT2D eigenvalue weighted by molar-refractivity contribution is -0.141. The molecule has 18 heavy (non-hydrogen) atoms. The van der Waals surface area contributed by atoms with Gasteiger partial charge in [-0.05, 0) is 45.0 Å². The third-order valence-corrected chi connectivity index (χ3v) is 3.15. The van der Waals surface area contributed by atoms with Gasteiger partial charge in [0, 0.05) is 11.9 Å². The molecule has 0 aliphatic carbocycles. The van der Waals surface area contributed by atoms with E-state index in [4.69, 9.17) is 0 Å². The average Bonchev–Trinajstić information content (AvgIpc) is 2.31. The smallest absolute Gasteiger partial charge is 0.370 e. The second kappa shape index (κ2) is 5.14. The fourth-order valence-electron chi connectivity index (χ4n) is 2.13. The zero-order chi connectivity index (χ0) is 13.2. The van der Waals surface area contributed by atoms with Gasteiger partial charge in [0.05, 0.1) is 6.17 Å². The van der Waals surface area contributed by atoms with Crippen LogP contribution in [0, 0.1) is 0 Å². The highest BCUT2D eigenvalue weighted by Gasteiger charge is 2.32. The molecular formula is C12H16F3N3.